The summed E-state index contributed by atoms with van der Waals surface area (Å²) in [6.45, 7) is 0. The molecule has 0 aliphatic rings. The van der Waals surface area contributed by atoms with E-state index in [0.717, 1.165) is 18.2 Å². The molecule has 21 heavy (non-hydrogen) atoms. The summed E-state index contributed by atoms with van der Waals surface area (Å²) in [5, 5.41) is 24.7. The minimum absolute atomic E-state index is 0.0568. The molecule has 0 aliphatic carbocycles. The van der Waals surface area contributed by atoms with E-state index in [0.29, 0.717) is 5.13 Å². The standard InChI is InChI=1S/C12H9N3O5S/c16-9(17)6-3-7(10(18)19)5-8(4-6)14-11(20)15-12-13-1-2-21-12/h1-5H,(H,16,17)(H,18,19)(H2,13,14,15,20). The molecule has 0 saturated carbocycles. The molecule has 0 saturated heterocycles. The first-order chi connectivity index (χ1) is 9.95. The van der Waals surface area contributed by atoms with E-state index in [1.54, 1.807) is 5.38 Å². The van der Waals surface area contributed by atoms with Crippen molar-refractivity contribution in [3.8, 4) is 0 Å². The quantitative estimate of drug-likeness (QED) is 0.685. The molecule has 0 unspecified atom stereocenters. The van der Waals surface area contributed by atoms with Gasteiger partial charge in [0.25, 0.3) is 0 Å². The Labute approximate surface area is 122 Å². The zero-order chi connectivity index (χ0) is 15.4. The molecule has 0 atom stereocenters. The van der Waals surface area contributed by atoms with Crippen molar-refractivity contribution in [1.82, 2.24) is 4.98 Å². The molecule has 1 heterocycles. The maximum Gasteiger partial charge on any atom is 0.335 e. The maximum absolute atomic E-state index is 11.7. The number of thiazole rings is 1. The topological polar surface area (TPSA) is 129 Å². The van der Waals surface area contributed by atoms with Crippen LogP contribution in [0.1, 0.15) is 20.7 Å². The van der Waals surface area contributed by atoms with E-state index in [9.17, 15) is 14.4 Å². The highest BCUT2D eigenvalue weighted by Gasteiger charge is 2.13. The molecule has 0 aliphatic heterocycles. The zero-order valence-electron chi connectivity index (χ0n) is 10.4. The van der Waals surface area contributed by atoms with Gasteiger partial charge in [0.15, 0.2) is 5.13 Å². The first kappa shape index (κ1) is 14.5. The van der Waals surface area contributed by atoms with Crippen molar-refractivity contribution in [1.29, 1.82) is 0 Å². The fourth-order valence-corrected chi connectivity index (χ4v) is 2.02. The molecule has 2 rings (SSSR count). The van der Waals surface area contributed by atoms with Gasteiger partial charge in [-0.2, -0.15) is 0 Å². The lowest BCUT2D eigenvalue weighted by Gasteiger charge is -2.07. The van der Waals surface area contributed by atoms with E-state index in [-0.39, 0.29) is 16.8 Å². The molecule has 0 bridgehead atoms. The Hall–Kier alpha value is -2.94. The second-order valence-electron chi connectivity index (χ2n) is 3.83. The van der Waals surface area contributed by atoms with Crippen LogP contribution in [0.25, 0.3) is 0 Å². The Morgan fingerprint density at radius 3 is 2.10 bits per heavy atom. The Morgan fingerprint density at radius 1 is 1.00 bits per heavy atom. The number of amides is 2. The average Bonchev–Trinajstić information content (AvgIpc) is 2.90. The van der Waals surface area contributed by atoms with Gasteiger partial charge in [0.05, 0.1) is 11.1 Å². The second-order valence-corrected chi connectivity index (χ2v) is 4.72. The summed E-state index contributed by atoms with van der Waals surface area (Å²) in [5.41, 5.74) is -0.416. The summed E-state index contributed by atoms with van der Waals surface area (Å²) in [5.74, 6) is -2.58. The zero-order valence-corrected chi connectivity index (χ0v) is 11.2. The normalized spacial score (nSPS) is 9.90. The van der Waals surface area contributed by atoms with Crippen molar-refractivity contribution in [2.24, 2.45) is 0 Å². The first-order valence-electron chi connectivity index (χ1n) is 5.55. The van der Waals surface area contributed by atoms with Gasteiger partial charge in [0.1, 0.15) is 0 Å². The molecule has 2 aromatic rings. The van der Waals surface area contributed by atoms with Crippen LogP contribution in [-0.4, -0.2) is 33.2 Å². The van der Waals surface area contributed by atoms with Crippen molar-refractivity contribution in [2.75, 3.05) is 10.6 Å². The molecular formula is C12H9N3O5S. The predicted molar refractivity (Wildman–Crippen MR) is 75.1 cm³/mol. The van der Waals surface area contributed by atoms with Crippen LogP contribution in [0, 0.1) is 0 Å². The molecule has 4 N–H and O–H groups in total. The number of carbonyl (C=O) groups excluding carboxylic acids is 1. The van der Waals surface area contributed by atoms with Gasteiger partial charge in [-0.05, 0) is 18.2 Å². The van der Waals surface area contributed by atoms with Crippen LogP contribution >= 0.6 is 11.3 Å². The van der Waals surface area contributed by atoms with Gasteiger partial charge in [-0.1, -0.05) is 0 Å². The molecule has 0 radical (unpaired) electrons. The third kappa shape index (κ3) is 3.76. The van der Waals surface area contributed by atoms with Crippen molar-refractivity contribution >= 4 is 40.1 Å². The minimum atomic E-state index is -1.29. The van der Waals surface area contributed by atoms with Crippen LogP contribution in [-0.2, 0) is 0 Å². The van der Waals surface area contributed by atoms with Crippen LogP contribution in [0.2, 0.25) is 0 Å². The lowest BCUT2D eigenvalue weighted by atomic mass is 10.1. The number of carboxylic acid groups (broad SMARTS) is 2. The van der Waals surface area contributed by atoms with E-state index in [1.165, 1.54) is 17.5 Å². The number of carboxylic acids is 2. The van der Waals surface area contributed by atoms with Gasteiger partial charge in [0, 0.05) is 17.3 Å². The molecule has 108 valence electrons. The summed E-state index contributed by atoms with van der Waals surface area (Å²) in [6, 6.07) is 2.69. The predicted octanol–water partition coefficient (Wildman–Crippen LogP) is 2.18. The molecule has 8 nitrogen and oxygen atoms in total. The number of nitrogens with one attached hydrogen (secondary N) is 2. The Kier molecular flexibility index (Phi) is 4.14. The summed E-state index contributed by atoms with van der Waals surface area (Å²) in [7, 11) is 0. The largest absolute Gasteiger partial charge is 0.478 e. The number of hydrogen-bond donors (Lipinski definition) is 4. The van der Waals surface area contributed by atoms with E-state index in [1.807, 2.05) is 0 Å². The molecule has 0 spiro atoms. The van der Waals surface area contributed by atoms with Crippen LogP contribution in [0.4, 0.5) is 15.6 Å². The third-order valence-electron chi connectivity index (χ3n) is 2.34. The number of aromatic nitrogens is 1. The number of carbonyl (C=O) groups is 3. The summed E-state index contributed by atoms with van der Waals surface area (Å²) < 4.78 is 0. The molecule has 9 heteroatoms. The highest BCUT2D eigenvalue weighted by Crippen LogP contribution is 2.17. The van der Waals surface area contributed by atoms with E-state index in [2.05, 4.69) is 15.6 Å². The van der Waals surface area contributed by atoms with Crippen LogP contribution in [0.15, 0.2) is 29.8 Å². The van der Waals surface area contributed by atoms with E-state index >= 15 is 0 Å². The third-order valence-corrected chi connectivity index (χ3v) is 3.03. The molecule has 1 aromatic heterocycles. The lowest BCUT2D eigenvalue weighted by molar-refractivity contribution is 0.0696. The highest BCUT2D eigenvalue weighted by atomic mass is 32.1. The van der Waals surface area contributed by atoms with Crippen molar-refractivity contribution < 1.29 is 24.6 Å². The number of urea groups is 1. The molecular weight excluding hydrogens is 298 g/mol. The van der Waals surface area contributed by atoms with Crippen molar-refractivity contribution in [3.63, 3.8) is 0 Å². The smallest absolute Gasteiger partial charge is 0.335 e. The fraction of sp³-hybridized carbons (Fsp3) is 0. The van der Waals surface area contributed by atoms with Crippen LogP contribution in [0.3, 0.4) is 0 Å². The number of rotatable bonds is 4. The maximum atomic E-state index is 11.7. The second kappa shape index (κ2) is 6.01. The number of benzene rings is 1. The van der Waals surface area contributed by atoms with E-state index in [4.69, 9.17) is 10.2 Å². The summed E-state index contributed by atoms with van der Waals surface area (Å²) in [4.78, 5) is 37.4. The molecule has 0 fully saturated rings. The molecule has 2 amide bonds. The van der Waals surface area contributed by atoms with Gasteiger partial charge in [-0.25, -0.2) is 19.4 Å². The minimum Gasteiger partial charge on any atom is -0.478 e. The Morgan fingerprint density at radius 2 is 1.62 bits per heavy atom. The fourth-order valence-electron chi connectivity index (χ4n) is 1.49. The Bertz CT molecular complexity index is 667. The van der Waals surface area contributed by atoms with Gasteiger partial charge < -0.3 is 15.5 Å². The van der Waals surface area contributed by atoms with Crippen LogP contribution < -0.4 is 10.6 Å². The van der Waals surface area contributed by atoms with Gasteiger partial charge in [0.2, 0.25) is 0 Å². The first-order valence-corrected chi connectivity index (χ1v) is 6.43. The molecule has 1 aromatic carbocycles. The van der Waals surface area contributed by atoms with E-state index < -0.39 is 18.0 Å². The van der Waals surface area contributed by atoms with Gasteiger partial charge >= 0.3 is 18.0 Å². The summed E-state index contributed by atoms with van der Waals surface area (Å²) >= 11 is 1.21. The van der Waals surface area contributed by atoms with Crippen LogP contribution in [0.5, 0.6) is 0 Å². The number of hydrogen-bond acceptors (Lipinski definition) is 5. The monoisotopic (exact) mass is 307 g/mol. The number of anilines is 2. The van der Waals surface area contributed by atoms with Crippen molar-refractivity contribution in [3.05, 3.63) is 40.9 Å². The van der Waals surface area contributed by atoms with Crippen molar-refractivity contribution in [2.45, 2.75) is 0 Å². The average molecular weight is 307 g/mol. The summed E-state index contributed by atoms with van der Waals surface area (Å²) in [6.07, 6.45) is 1.51. The lowest BCUT2D eigenvalue weighted by Crippen LogP contribution is -2.20. The van der Waals surface area contributed by atoms with Gasteiger partial charge in [-0.15, -0.1) is 11.3 Å². The Balaban J connectivity index is 2.20. The SMILES string of the molecule is O=C(Nc1cc(C(=O)O)cc(C(=O)O)c1)Nc1nccs1. The highest BCUT2D eigenvalue weighted by molar-refractivity contribution is 7.13. The number of nitrogens with zero attached hydrogens (tertiary/aromatic N) is 1. The number of aromatic carboxylic acids is 2. The van der Waals surface area contributed by atoms with Gasteiger partial charge in [-0.3, -0.25) is 5.32 Å².